The van der Waals surface area contributed by atoms with Crippen LogP contribution in [0.15, 0.2) is 0 Å². The second-order valence-corrected chi connectivity index (χ2v) is 4.29. The number of aromatic nitrogens is 1. The van der Waals surface area contributed by atoms with Crippen molar-refractivity contribution in [2.24, 2.45) is 13.0 Å². The molecule has 0 saturated heterocycles. The van der Waals surface area contributed by atoms with Crippen LogP contribution in [0.1, 0.15) is 13.3 Å². The van der Waals surface area contributed by atoms with Crippen LogP contribution in [0.3, 0.4) is 0 Å². The Morgan fingerprint density at radius 3 is 3.17 bits per heavy atom. The minimum Gasteiger partial charge on any atom is -0.451 e. The standard InChI is InChI=1S/C9H11NOS/c1-6-3-4-7-8(5-6)12-9(11)10(7)2/h4-6H,3H2,1-2H3/p+1. The zero-order valence-corrected chi connectivity index (χ0v) is 8.06. The van der Waals surface area contributed by atoms with E-state index in [0.29, 0.717) is 11.1 Å². The van der Waals surface area contributed by atoms with Gasteiger partial charge in [-0.25, -0.2) is 0 Å². The number of fused-ring (bicyclic) bond motifs is 1. The van der Waals surface area contributed by atoms with Gasteiger partial charge in [-0.2, -0.15) is 4.57 Å². The first-order valence-electron chi connectivity index (χ1n) is 4.08. The average Bonchev–Trinajstić information content (AvgIpc) is 2.28. The first-order chi connectivity index (χ1) is 5.68. The van der Waals surface area contributed by atoms with Crippen molar-refractivity contribution in [3.05, 3.63) is 9.88 Å². The highest BCUT2D eigenvalue weighted by Gasteiger charge is 2.15. The fourth-order valence-electron chi connectivity index (χ4n) is 1.47. The van der Waals surface area contributed by atoms with Gasteiger partial charge in [-0.15, -0.1) is 0 Å². The lowest BCUT2D eigenvalue weighted by Gasteiger charge is -2.00. The van der Waals surface area contributed by atoms with Gasteiger partial charge in [0.25, 0.3) is 0 Å². The number of nitrogens with zero attached hydrogens (tertiary/aromatic N) is 1. The third-order valence-electron chi connectivity index (χ3n) is 2.22. The van der Waals surface area contributed by atoms with E-state index in [1.165, 1.54) is 15.9 Å². The molecule has 2 nitrogen and oxygen atoms in total. The predicted molar refractivity (Wildman–Crippen MR) is 49.1 cm³/mol. The monoisotopic (exact) mass is 182 g/mol. The number of thiazole rings is 1. The quantitative estimate of drug-likeness (QED) is 0.556. The summed E-state index contributed by atoms with van der Waals surface area (Å²) >= 11 is 1.45. The van der Waals surface area contributed by atoms with E-state index in [4.69, 9.17) is 0 Å². The molecule has 64 valence electrons. The van der Waals surface area contributed by atoms with Crippen LogP contribution in [0.5, 0.6) is 5.19 Å². The van der Waals surface area contributed by atoms with Gasteiger partial charge in [0.15, 0.2) is 0 Å². The molecule has 2 rings (SSSR count). The van der Waals surface area contributed by atoms with Gasteiger partial charge in [-0.05, 0) is 29.8 Å². The van der Waals surface area contributed by atoms with Crippen molar-refractivity contribution in [3.63, 3.8) is 0 Å². The van der Waals surface area contributed by atoms with Gasteiger partial charge in [0.1, 0.15) is 11.6 Å². The molecule has 1 N–H and O–H groups in total. The molecule has 1 atom stereocenters. The van der Waals surface area contributed by atoms with Crippen molar-refractivity contribution in [1.82, 2.24) is 0 Å². The summed E-state index contributed by atoms with van der Waals surface area (Å²) in [5.74, 6) is 0.607. The molecular weight excluding hydrogens is 170 g/mol. The van der Waals surface area contributed by atoms with Crippen LogP contribution in [-0.4, -0.2) is 5.11 Å². The third-order valence-corrected chi connectivity index (χ3v) is 3.24. The molecule has 3 heteroatoms. The van der Waals surface area contributed by atoms with Crippen LogP contribution >= 0.6 is 11.3 Å². The SMILES string of the molecule is CC1C=c2sc(O)[n+](C)c2=CC1. The molecule has 1 unspecified atom stereocenters. The first kappa shape index (κ1) is 7.80. The highest BCUT2D eigenvalue weighted by molar-refractivity contribution is 7.10. The van der Waals surface area contributed by atoms with E-state index < -0.39 is 0 Å². The molecule has 0 aromatic carbocycles. The molecule has 0 amide bonds. The predicted octanol–water partition coefficient (Wildman–Crippen LogP) is -0.121. The maximum atomic E-state index is 9.44. The summed E-state index contributed by atoms with van der Waals surface area (Å²) in [5, 5.41) is 11.0. The lowest BCUT2D eigenvalue weighted by Crippen LogP contribution is -2.50. The summed E-state index contributed by atoms with van der Waals surface area (Å²) < 4.78 is 3.04. The lowest BCUT2D eigenvalue weighted by molar-refractivity contribution is -0.685. The summed E-state index contributed by atoms with van der Waals surface area (Å²) in [7, 11) is 1.89. The minimum absolute atomic E-state index is 0.390. The largest absolute Gasteiger partial charge is 0.451 e. The van der Waals surface area contributed by atoms with Crippen LogP contribution in [0.25, 0.3) is 12.2 Å². The number of aromatic hydroxyl groups is 1. The molecule has 0 saturated carbocycles. The van der Waals surface area contributed by atoms with E-state index in [1.54, 1.807) is 0 Å². The molecule has 1 aromatic heterocycles. The molecule has 1 aromatic rings. The van der Waals surface area contributed by atoms with Gasteiger partial charge in [-0.1, -0.05) is 13.0 Å². The van der Waals surface area contributed by atoms with Gasteiger partial charge in [-0.3, -0.25) is 0 Å². The normalized spacial score (nSPS) is 21.0. The molecule has 0 spiro atoms. The number of hydrogen-bond donors (Lipinski definition) is 1. The Bertz CT molecular complexity index is 418. The zero-order valence-electron chi connectivity index (χ0n) is 7.24. The van der Waals surface area contributed by atoms with Crippen LogP contribution < -0.4 is 14.4 Å². The summed E-state index contributed by atoms with van der Waals surface area (Å²) in [6, 6.07) is 0. The van der Waals surface area contributed by atoms with E-state index in [9.17, 15) is 5.11 Å². The topological polar surface area (TPSA) is 24.1 Å². The highest BCUT2D eigenvalue weighted by atomic mass is 32.1. The third kappa shape index (κ3) is 1.05. The molecule has 0 aliphatic heterocycles. The van der Waals surface area contributed by atoms with Crippen molar-refractivity contribution >= 4 is 23.5 Å². The summed E-state index contributed by atoms with van der Waals surface area (Å²) in [4.78, 5) is 0. The van der Waals surface area contributed by atoms with Crippen molar-refractivity contribution < 1.29 is 9.67 Å². The molecular formula is C9H12NOS+. The van der Waals surface area contributed by atoms with E-state index in [-0.39, 0.29) is 0 Å². The van der Waals surface area contributed by atoms with E-state index in [0.717, 1.165) is 11.8 Å². The van der Waals surface area contributed by atoms with Gasteiger partial charge in [0, 0.05) is 0 Å². The fourth-order valence-corrected chi connectivity index (χ4v) is 2.53. The number of rotatable bonds is 0. The Hall–Kier alpha value is -0.830. The molecule has 1 aliphatic rings. The summed E-state index contributed by atoms with van der Waals surface area (Å²) in [6.07, 6.45) is 5.49. The Labute approximate surface area is 75.1 Å². The Balaban J connectivity index is 2.79. The van der Waals surface area contributed by atoms with Gasteiger partial charge >= 0.3 is 5.19 Å². The maximum absolute atomic E-state index is 9.44. The van der Waals surface area contributed by atoms with E-state index in [2.05, 4.69) is 19.1 Å². The van der Waals surface area contributed by atoms with Crippen LogP contribution in [0.2, 0.25) is 0 Å². The Morgan fingerprint density at radius 2 is 2.42 bits per heavy atom. The Morgan fingerprint density at radius 1 is 1.67 bits per heavy atom. The second kappa shape index (κ2) is 2.59. The van der Waals surface area contributed by atoms with Gasteiger partial charge in [0.05, 0.1) is 0 Å². The molecule has 0 radical (unpaired) electrons. The van der Waals surface area contributed by atoms with Crippen LogP contribution in [0, 0.1) is 5.92 Å². The fraction of sp³-hybridized carbons (Fsp3) is 0.444. The van der Waals surface area contributed by atoms with Crippen LogP contribution in [0.4, 0.5) is 0 Å². The summed E-state index contributed by atoms with van der Waals surface area (Å²) in [5.41, 5.74) is 0. The average molecular weight is 182 g/mol. The van der Waals surface area contributed by atoms with Gasteiger partial charge < -0.3 is 5.11 Å². The molecule has 1 aliphatic carbocycles. The molecule has 12 heavy (non-hydrogen) atoms. The Kier molecular flexibility index (Phi) is 1.68. The second-order valence-electron chi connectivity index (χ2n) is 3.28. The van der Waals surface area contributed by atoms with Crippen molar-refractivity contribution in [1.29, 1.82) is 0 Å². The lowest BCUT2D eigenvalue weighted by atomic mass is 10.0. The minimum atomic E-state index is 0.390. The molecule has 1 heterocycles. The maximum Gasteiger partial charge on any atom is 0.428 e. The number of hydrogen-bond acceptors (Lipinski definition) is 2. The first-order valence-corrected chi connectivity index (χ1v) is 4.90. The molecule has 0 bridgehead atoms. The van der Waals surface area contributed by atoms with Crippen molar-refractivity contribution in [2.45, 2.75) is 13.3 Å². The van der Waals surface area contributed by atoms with Crippen LogP contribution in [-0.2, 0) is 7.05 Å². The van der Waals surface area contributed by atoms with Crippen molar-refractivity contribution in [2.75, 3.05) is 0 Å². The zero-order chi connectivity index (χ0) is 8.72. The smallest absolute Gasteiger partial charge is 0.428 e. The highest BCUT2D eigenvalue weighted by Crippen LogP contribution is 2.09. The van der Waals surface area contributed by atoms with E-state index in [1.807, 2.05) is 11.6 Å². The molecule has 0 fully saturated rings. The van der Waals surface area contributed by atoms with Crippen molar-refractivity contribution in [3.8, 4) is 5.19 Å². The van der Waals surface area contributed by atoms with Gasteiger partial charge in [0.2, 0.25) is 5.35 Å². The van der Waals surface area contributed by atoms with E-state index >= 15 is 0 Å². The summed E-state index contributed by atoms with van der Waals surface area (Å²) in [6.45, 7) is 2.19.